The Balaban J connectivity index is 2.72. The van der Waals surface area contributed by atoms with Gasteiger partial charge in [-0.05, 0) is 24.6 Å². The highest BCUT2D eigenvalue weighted by molar-refractivity contribution is 6.35. The van der Waals surface area contributed by atoms with Gasteiger partial charge in [-0.15, -0.1) is 11.6 Å². The molecule has 0 aromatic heterocycles. The number of hydrogen-bond acceptors (Lipinski definition) is 1. The van der Waals surface area contributed by atoms with Crippen LogP contribution in [0.5, 0.6) is 0 Å². The molecule has 0 fully saturated rings. The van der Waals surface area contributed by atoms with E-state index in [9.17, 15) is 4.79 Å². The van der Waals surface area contributed by atoms with Crippen molar-refractivity contribution < 1.29 is 4.79 Å². The number of hydrogen-bond donors (Lipinski definition) is 1. The van der Waals surface area contributed by atoms with Crippen LogP contribution in [0.15, 0.2) is 18.2 Å². The molecule has 88 valence electrons. The molecule has 16 heavy (non-hydrogen) atoms. The van der Waals surface area contributed by atoms with E-state index in [1.54, 1.807) is 18.2 Å². The molecule has 0 saturated heterocycles. The largest absolute Gasteiger partial charge is 0.349 e. The Morgan fingerprint density at radius 2 is 2.12 bits per heavy atom. The first-order valence-electron chi connectivity index (χ1n) is 4.85. The van der Waals surface area contributed by atoms with Crippen molar-refractivity contribution in [1.82, 2.24) is 5.32 Å². The van der Waals surface area contributed by atoms with Crippen LogP contribution in [-0.2, 0) is 4.79 Å². The van der Waals surface area contributed by atoms with Gasteiger partial charge in [0, 0.05) is 22.3 Å². The van der Waals surface area contributed by atoms with E-state index in [1.807, 2.05) is 6.92 Å². The third-order valence-electron chi connectivity index (χ3n) is 2.13. The van der Waals surface area contributed by atoms with E-state index in [4.69, 9.17) is 34.8 Å². The van der Waals surface area contributed by atoms with Crippen LogP contribution >= 0.6 is 34.8 Å². The van der Waals surface area contributed by atoms with Crippen molar-refractivity contribution in [3.8, 4) is 0 Å². The molecule has 0 saturated carbocycles. The Morgan fingerprint density at radius 3 is 2.69 bits per heavy atom. The molecular weight excluding hydrogens is 268 g/mol. The number of halogens is 3. The standard InChI is InChI=1S/C11H12Cl3NO/c1-7(15-11(16)4-5-12)9-3-2-8(13)6-10(9)14/h2-3,6-7H,4-5H2,1H3,(H,15,16). The summed E-state index contributed by atoms with van der Waals surface area (Å²) >= 11 is 17.3. The average molecular weight is 281 g/mol. The second-order valence-electron chi connectivity index (χ2n) is 3.39. The van der Waals surface area contributed by atoms with E-state index < -0.39 is 0 Å². The molecular formula is C11H12Cl3NO. The summed E-state index contributed by atoms with van der Waals surface area (Å²) in [6, 6.07) is 5.05. The summed E-state index contributed by atoms with van der Waals surface area (Å²) in [5.74, 6) is 0.223. The Kier molecular flexibility index (Phi) is 5.39. The van der Waals surface area contributed by atoms with Crippen molar-refractivity contribution in [3.05, 3.63) is 33.8 Å². The fourth-order valence-electron chi connectivity index (χ4n) is 1.33. The average Bonchev–Trinajstić information content (AvgIpc) is 2.17. The van der Waals surface area contributed by atoms with E-state index in [1.165, 1.54) is 0 Å². The van der Waals surface area contributed by atoms with Crippen LogP contribution in [0.4, 0.5) is 0 Å². The first-order valence-corrected chi connectivity index (χ1v) is 6.14. The first-order chi connectivity index (χ1) is 7.54. The molecule has 1 aromatic carbocycles. The summed E-state index contributed by atoms with van der Waals surface area (Å²) < 4.78 is 0. The minimum atomic E-state index is -0.152. The van der Waals surface area contributed by atoms with Gasteiger partial charge >= 0.3 is 0 Å². The lowest BCUT2D eigenvalue weighted by Gasteiger charge is -2.15. The second-order valence-corrected chi connectivity index (χ2v) is 4.62. The van der Waals surface area contributed by atoms with Gasteiger partial charge in [-0.1, -0.05) is 29.3 Å². The molecule has 1 amide bonds. The molecule has 0 aliphatic rings. The van der Waals surface area contributed by atoms with Crippen molar-refractivity contribution >= 4 is 40.7 Å². The van der Waals surface area contributed by atoms with Crippen LogP contribution in [0.2, 0.25) is 10.0 Å². The monoisotopic (exact) mass is 279 g/mol. The number of benzene rings is 1. The van der Waals surface area contributed by atoms with Gasteiger partial charge in [0.15, 0.2) is 0 Å². The van der Waals surface area contributed by atoms with E-state index in [-0.39, 0.29) is 11.9 Å². The normalized spacial score (nSPS) is 12.2. The van der Waals surface area contributed by atoms with Gasteiger partial charge in [-0.2, -0.15) is 0 Å². The molecule has 1 rings (SSSR count). The molecule has 2 nitrogen and oxygen atoms in total. The van der Waals surface area contributed by atoms with Crippen LogP contribution in [0, 0.1) is 0 Å². The van der Waals surface area contributed by atoms with E-state index in [2.05, 4.69) is 5.32 Å². The molecule has 0 spiro atoms. The molecule has 1 aromatic rings. The number of amides is 1. The molecule has 0 heterocycles. The van der Waals surface area contributed by atoms with Gasteiger partial charge in [0.05, 0.1) is 6.04 Å². The predicted octanol–water partition coefficient (Wildman–Crippen LogP) is 3.80. The number of alkyl halides is 1. The fraction of sp³-hybridized carbons (Fsp3) is 0.364. The zero-order valence-electron chi connectivity index (χ0n) is 8.77. The lowest BCUT2D eigenvalue weighted by Crippen LogP contribution is -2.26. The van der Waals surface area contributed by atoms with Crippen LogP contribution in [0.3, 0.4) is 0 Å². The van der Waals surface area contributed by atoms with Crippen LogP contribution in [0.1, 0.15) is 24.9 Å². The Morgan fingerprint density at radius 1 is 1.44 bits per heavy atom. The summed E-state index contributed by atoms with van der Waals surface area (Å²) in [6.07, 6.45) is 0.303. The highest BCUT2D eigenvalue weighted by Crippen LogP contribution is 2.26. The van der Waals surface area contributed by atoms with E-state index in [0.717, 1.165) is 5.56 Å². The highest BCUT2D eigenvalue weighted by atomic mass is 35.5. The van der Waals surface area contributed by atoms with Crippen molar-refractivity contribution in [3.63, 3.8) is 0 Å². The molecule has 1 N–H and O–H groups in total. The fourth-order valence-corrected chi connectivity index (χ4v) is 2.07. The number of carbonyl (C=O) groups is 1. The number of rotatable bonds is 4. The van der Waals surface area contributed by atoms with Crippen molar-refractivity contribution in [2.45, 2.75) is 19.4 Å². The van der Waals surface area contributed by atoms with Gasteiger partial charge in [-0.25, -0.2) is 0 Å². The summed E-state index contributed by atoms with van der Waals surface area (Å²) in [5, 5.41) is 3.93. The minimum absolute atomic E-state index is 0.0893. The Hall–Kier alpha value is -0.440. The summed E-state index contributed by atoms with van der Waals surface area (Å²) in [5.41, 5.74) is 0.842. The topological polar surface area (TPSA) is 29.1 Å². The van der Waals surface area contributed by atoms with E-state index in [0.29, 0.717) is 22.3 Å². The smallest absolute Gasteiger partial charge is 0.221 e. The predicted molar refractivity (Wildman–Crippen MR) is 68.4 cm³/mol. The zero-order valence-corrected chi connectivity index (χ0v) is 11.0. The Labute approximate surface area is 110 Å². The SMILES string of the molecule is CC(NC(=O)CCCl)c1ccc(Cl)cc1Cl. The first kappa shape index (κ1) is 13.6. The molecule has 0 radical (unpaired) electrons. The summed E-state index contributed by atoms with van der Waals surface area (Å²) in [6.45, 7) is 1.86. The van der Waals surface area contributed by atoms with Crippen LogP contribution in [-0.4, -0.2) is 11.8 Å². The highest BCUT2D eigenvalue weighted by Gasteiger charge is 2.12. The maximum Gasteiger partial charge on any atom is 0.221 e. The molecule has 0 bridgehead atoms. The molecule has 0 aliphatic heterocycles. The van der Waals surface area contributed by atoms with Gasteiger partial charge in [0.25, 0.3) is 0 Å². The van der Waals surface area contributed by atoms with E-state index >= 15 is 0 Å². The van der Waals surface area contributed by atoms with Gasteiger partial charge < -0.3 is 5.32 Å². The van der Waals surface area contributed by atoms with Gasteiger partial charge in [0.1, 0.15) is 0 Å². The van der Waals surface area contributed by atoms with Crippen LogP contribution < -0.4 is 5.32 Å². The van der Waals surface area contributed by atoms with Gasteiger partial charge in [-0.3, -0.25) is 4.79 Å². The zero-order chi connectivity index (χ0) is 12.1. The molecule has 0 aliphatic carbocycles. The second kappa shape index (κ2) is 6.33. The quantitative estimate of drug-likeness (QED) is 0.835. The maximum absolute atomic E-state index is 11.3. The third kappa shape index (κ3) is 3.85. The molecule has 1 atom stereocenters. The maximum atomic E-state index is 11.3. The lowest BCUT2D eigenvalue weighted by atomic mass is 10.1. The van der Waals surface area contributed by atoms with Gasteiger partial charge in [0.2, 0.25) is 5.91 Å². The van der Waals surface area contributed by atoms with Crippen molar-refractivity contribution in [1.29, 1.82) is 0 Å². The van der Waals surface area contributed by atoms with Crippen molar-refractivity contribution in [2.75, 3.05) is 5.88 Å². The lowest BCUT2D eigenvalue weighted by molar-refractivity contribution is -0.121. The summed E-state index contributed by atoms with van der Waals surface area (Å²) in [4.78, 5) is 11.3. The number of nitrogens with one attached hydrogen (secondary N) is 1. The minimum Gasteiger partial charge on any atom is -0.349 e. The molecule has 1 unspecified atom stereocenters. The Bertz CT molecular complexity index is 381. The number of carbonyl (C=O) groups excluding carboxylic acids is 1. The molecule has 5 heteroatoms. The van der Waals surface area contributed by atoms with Crippen LogP contribution in [0.25, 0.3) is 0 Å². The summed E-state index contributed by atoms with van der Waals surface area (Å²) in [7, 11) is 0. The van der Waals surface area contributed by atoms with Crippen molar-refractivity contribution in [2.24, 2.45) is 0 Å². The third-order valence-corrected chi connectivity index (χ3v) is 2.88.